The molecule has 0 atom stereocenters. The van der Waals surface area contributed by atoms with Gasteiger partial charge in [-0.05, 0) is 44.2 Å². The smallest absolute Gasteiger partial charge is 0.341 e. The van der Waals surface area contributed by atoms with Gasteiger partial charge >= 0.3 is 5.97 Å². The Kier molecular flexibility index (Phi) is 5.32. The van der Waals surface area contributed by atoms with Crippen LogP contribution in [0.5, 0.6) is 0 Å². The van der Waals surface area contributed by atoms with E-state index >= 15 is 0 Å². The molecule has 22 heavy (non-hydrogen) atoms. The van der Waals surface area contributed by atoms with E-state index in [0.29, 0.717) is 16.6 Å². The summed E-state index contributed by atoms with van der Waals surface area (Å²) < 4.78 is 5.07. The molecular formula is C15H16NO5S-. The zero-order valence-corrected chi connectivity index (χ0v) is 13.0. The van der Waals surface area contributed by atoms with Gasteiger partial charge in [-0.2, -0.15) is 0 Å². The number of ether oxygens (including phenoxy) is 1. The fourth-order valence-electron chi connectivity index (χ4n) is 2.37. The lowest BCUT2D eigenvalue weighted by atomic mass is 9.95. The number of hydrogen-bond acceptors (Lipinski definition) is 6. The maximum atomic E-state index is 12.2. The van der Waals surface area contributed by atoms with Crippen LogP contribution in [0.4, 0.5) is 5.00 Å². The first-order valence-corrected chi connectivity index (χ1v) is 7.86. The Morgan fingerprint density at radius 1 is 1.27 bits per heavy atom. The lowest BCUT2D eigenvalue weighted by Gasteiger charge is -2.12. The molecular weight excluding hydrogens is 306 g/mol. The van der Waals surface area contributed by atoms with E-state index in [4.69, 9.17) is 4.74 Å². The molecule has 1 aromatic rings. The first-order valence-electron chi connectivity index (χ1n) is 7.04. The Labute approximate surface area is 131 Å². The second kappa shape index (κ2) is 7.22. The van der Waals surface area contributed by atoms with E-state index in [1.54, 1.807) is 6.92 Å². The van der Waals surface area contributed by atoms with Crippen molar-refractivity contribution in [2.24, 2.45) is 0 Å². The molecule has 7 heteroatoms. The van der Waals surface area contributed by atoms with Crippen molar-refractivity contribution in [3.63, 3.8) is 0 Å². The van der Waals surface area contributed by atoms with Crippen LogP contribution in [-0.4, -0.2) is 24.5 Å². The van der Waals surface area contributed by atoms with Gasteiger partial charge in [0, 0.05) is 11.0 Å². The Morgan fingerprint density at radius 2 is 2.00 bits per heavy atom. The van der Waals surface area contributed by atoms with Crippen molar-refractivity contribution in [1.29, 1.82) is 0 Å². The van der Waals surface area contributed by atoms with Crippen molar-refractivity contribution in [1.82, 2.24) is 0 Å². The Bertz CT molecular complexity index is 632. The minimum Gasteiger partial charge on any atom is -0.545 e. The molecule has 0 bridgehead atoms. The summed E-state index contributed by atoms with van der Waals surface area (Å²) >= 11 is 1.35. The number of carbonyl (C=O) groups excluding carboxylic acids is 3. The van der Waals surface area contributed by atoms with Crippen molar-refractivity contribution in [3.05, 3.63) is 28.2 Å². The molecule has 1 N–H and O–H groups in total. The molecule has 0 radical (unpaired) electrons. The Morgan fingerprint density at radius 3 is 2.68 bits per heavy atom. The fourth-order valence-corrected chi connectivity index (χ4v) is 3.65. The third-order valence-corrected chi connectivity index (χ3v) is 4.47. The summed E-state index contributed by atoms with van der Waals surface area (Å²) in [6.45, 7) is 1.97. The topological polar surface area (TPSA) is 95.5 Å². The van der Waals surface area contributed by atoms with Crippen LogP contribution in [-0.2, 0) is 27.2 Å². The first-order chi connectivity index (χ1) is 10.5. The molecule has 118 valence electrons. The standard InChI is InChI=1S/C15H17NO5S/c1-2-21-15(20)13-9-5-3-4-6-10(9)22-14(13)16-11(17)7-8-12(18)19/h7-8H,2-6H2,1H3,(H,16,17)(H,18,19)/p-1/b8-7+. The highest BCUT2D eigenvalue weighted by Crippen LogP contribution is 2.38. The third-order valence-electron chi connectivity index (χ3n) is 3.26. The van der Waals surface area contributed by atoms with Gasteiger partial charge in [0.1, 0.15) is 5.00 Å². The highest BCUT2D eigenvalue weighted by molar-refractivity contribution is 7.17. The normalized spacial score (nSPS) is 13.7. The molecule has 1 aliphatic carbocycles. The van der Waals surface area contributed by atoms with Gasteiger partial charge in [-0.1, -0.05) is 0 Å². The molecule has 2 rings (SSSR count). The van der Waals surface area contributed by atoms with Gasteiger partial charge in [-0.15, -0.1) is 11.3 Å². The summed E-state index contributed by atoms with van der Waals surface area (Å²) in [7, 11) is 0. The van der Waals surface area contributed by atoms with Gasteiger partial charge in [0.2, 0.25) is 5.91 Å². The summed E-state index contributed by atoms with van der Waals surface area (Å²) in [5, 5.41) is 13.3. The number of aryl methyl sites for hydroxylation is 1. The molecule has 0 aromatic carbocycles. The molecule has 0 saturated heterocycles. The number of carboxylic acid groups (broad SMARTS) is 1. The quantitative estimate of drug-likeness (QED) is 0.646. The molecule has 0 fully saturated rings. The van der Waals surface area contributed by atoms with Crippen molar-refractivity contribution >= 4 is 34.2 Å². The number of amides is 1. The number of hydrogen-bond donors (Lipinski definition) is 1. The number of rotatable bonds is 5. The zero-order valence-electron chi connectivity index (χ0n) is 12.1. The van der Waals surface area contributed by atoms with Crippen LogP contribution in [0.15, 0.2) is 12.2 Å². The third kappa shape index (κ3) is 3.73. The van der Waals surface area contributed by atoms with Gasteiger partial charge in [0.25, 0.3) is 0 Å². The van der Waals surface area contributed by atoms with Gasteiger partial charge in [0.15, 0.2) is 0 Å². The molecule has 0 spiro atoms. The minimum atomic E-state index is -1.45. The SMILES string of the molecule is CCOC(=O)c1c(NC(=O)/C=C/C(=O)[O-])sc2c1CCCC2. The summed E-state index contributed by atoms with van der Waals surface area (Å²) in [5.74, 6) is -2.53. The summed E-state index contributed by atoms with van der Waals surface area (Å²) in [4.78, 5) is 35.3. The van der Waals surface area contributed by atoms with Crippen molar-refractivity contribution in [2.75, 3.05) is 11.9 Å². The first kappa shape index (κ1) is 16.2. The van der Waals surface area contributed by atoms with Crippen LogP contribution < -0.4 is 10.4 Å². The van der Waals surface area contributed by atoms with Crippen LogP contribution in [0.25, 0.3) is 0 Å². The number of nitrogens with one attached hydrogen (secondary N) is 1. The van der Waals surface area contributed by atoms with E-state index in [9.17, 15) is 19.5 Å². The summed E-state index contributed by atoms with van der Waals surface area (Å²) in [6, 6.07) is 0. The van der Waals surface area contributed by atoms with Crippen LogP contribution in [0.2, 0.25) is 0 Å². The Balaban J connectivity index is 2.29. The maximum Gasteiger partial charge on any atom is 0.341 e. The molecule has 1 aliphatic rings. The van der Waals surface area contributed by atoms with Gasteiger partial charge in [-0.3, -0.25) is 4.79 Å². The predicted molar refractivity (Wildman–Crippen MR) is 79.7 cm³/mol. The van der Waals surface area contributed by atoms with Gasteiger partial charge in [0.05, 0.1) is 18.1 Å². The van der Waals surface area contributed by atoms with E-state index in [0.717, 1.165) is 42.2 Å². The van der Waals surface area contributed by atoms with Gasteiger partial charge in [-0.25, -0.2) is 4.79 Å². The number of aliphatic carboxylic acids is 1. The minimum absolute atomic E-state index is 0.251. The number of esters is 1. The molecule has 1 aromatic heterocycles. The van der Waals surface area contributed by atoms with Crippen molar-refractivity contribution in [3.8, 4) is 0 Å². The second-order valence-electron chi connectivity index (χ2n) is 4.78. The largest absolute Gasteiger partial charge is 0.545 e. The van der Waals surface area contributed by atoms with Crippen LogP contribution in [0, 0.1) is 0 Å². The monoisotopic (exact) mass is 322 g/mol. The summed E-state index contributed by atoms with van der Waals surface area (Å²) in [6.07, 6.45) is 5.21. The summed E-state index contributed by atoms with van der Waals surface area (Å²) in [5.41, 5.74) is 1.34. The van der Waals surface area contributed by atoms with E-state index in [1.807, 2.05) is 0 Å². The van der Waals surface area contributed by atoms with Gasteiger partial charge < -0.3 is 20.0 Å². The van der Waals surface area contributed by atoms with Crippen molar-refractivity contribution in [2.45, 2.75) is 32.6 Å². The number of anilines is 1. The Hall–Kier alpha value is -2.15. The van der Waals surface area contributed by atoms with Crippen LogP contribution >= 0.6 is 11.3 Å². The molecule has 1 amide bonds. The van der Waals surface area contributed by atoms with E-state index in [2.05, 4.69) is 5.32 Å². The molecule has 1 heterocycles. The van der Waals surface area contributed by atoms with E-state index in [-0.39, 0.29) is 6.61 Å². The average molecular weight is 322 g/mol. The molecule has 0 unspecified atom stereocenters. The lowest BCUT2D eigenvalue weighted by molar-refractivity contribution is -0.297. The second-order valence-corrected chi connectivity index (χ2v) is 5.88. The number of thiophene rings is 1. The van der Waals surface area contributed by atoms with Crippen LogP contribution in [0.1, 0.15) is 40.6 Å². The van der Waals surface area contributed by atoms with E-state index < -0.39 is 17.8 Å². The molecule has 6 nitrogen and oxygen atoms in total. The zero-order chi connectivity index (χ0) is 16.1. The maximum absolute atomic E-state index is 12.2. The van der Waals surface area contributed by atoms with Crippen molar-refractivity contribution < 1.29 is 24.2 Å². The van der Waals surface area contributed by atoms with E-state index in [1.165, 1.54) is 11.3 Å². The predicted octanol–water partition coefficient (Wildman–Crippen LogP) is 1.05. The number of carbonyl (C=O) groups is 3. The highest BCUT2D eigenvalue weighted by Gasteiger charge is 2.26. The van der Waals surface area contributed by atoms with Crippen LogP contribution in [0.3, 0.4) is 0 Å². The average Bonchev–Trinajstić information content (AvgIpc) is 2.83. The highest BCUT2D eigenvalue weighted by atomic mass is 32.1. The number of carboxylic acids is 1. The number of fused-ring (bicyclic) bond motifs is 1. The molecule has 0 aliphatic heterocycles. The molecule has 0 saturated carbocycles. The fraction of sp³-hybridized carbons (Fsp3) is 0.400. The lowest BCUT2D eigenvalue weighted by Crippen LogP contribution is -2.20.